The van der Waals surface area contributed by atoms with E-state index in [0.29, 0.717) is 17.9 Å². The lowest BCUT2D eigenvalue weighted by atomic mass is 9.64. The van der Waals surface area contributed by atoms with Crippen molar-refractivity contribution in [1.29, 1.82) is 0 Å². The maximum absolute atomic E-state index is 12.7. The molecule has 29 heavy (non-hydrogen) atoms. The van der Waals surface area contributed by atoms with Crippen LogP contribution in [0.25, 0.3) is 0 Å². The Morgan fingerprint density at radius 3 is 2.72 bits per heavy atom. The fourth-order valence-electron chi connectivity index (χ4n) is 4.87. The van der Waals surface area contributed by atoms with Crippen LogP contribution in [0.5, 0.6) is 11.5 Å². The van der Waals surface area contributed by atoms with Crippen molar-refractivity contribution in [1.82, 2.24) is 0 Å². The van der Waals surface area contributed by atoms with E-state index in [0.717, 1.165) is 44.0 Å². The smallest absolute Gasteiger partial charge is 0.315 e. The zero-order valence-electron chi connectivity index (χ0n) is 18.3. The normalized spacial score (nSPS) is 25.3. The first-order valence-corrected chi connectivity index (χ1v) is 10.8. The molecule has 1 N–H and O–H groups in total. The Balaban J connectivity index is 1.97. The molecule has 1 fully saturated rings. The van der Waals surface area contributed by atoms with Gasteiger partial charge in [-0.05, 0) is 77.0 Å². The lowest BCUT2D eigenvalue weighted by Gasteiger charge is -2.48. The van der Waals surface area contributed by atoms with Gasteiger partial charge in [-0.25, -0.2) is 0 Å². The van der Waals surface area contributed by atoms with Crippen LogP contribution < -0.4 is 4.74 Å². The molecule has 5 nitrogen and oxygen atoms in total. The lowest BCUT2D eigenvalue weighted by Crippen LogP contribution is -2.47. The summed E-state index contributed by atoms with van der Waals surface area (Å²) in [5.74, 6) is 0.788. The lowest BCUT2D eigenvalue weighted by molar-refractivity contribution is -0.149. The molecular formula is C24H34O5. The number of benzene rings is 1. The second kappa shape index (κ2) is 8.00. The van der Waals surface area contributed by atoms with Crippen molar-refractivity contribution in [2.45, 2.75) is 83.7 Å². The van der Waals surface area contributed by atoms with Gasteiger partial charge < -0.3 is 19.4 Å². The second-order valence-corrected chi connectivity index (χ2v) is 9.65. The summed E-state index contributed by atoms with van der Waals surface area (Å²) in [5.41, 5.74) is 0.150. The average Bonchev–Trinajstić information content (AvgIpc) is 2.66. The molecule has 3 atom stereocenters. The van der Waals surface area contributed by atoms with E-state index in [1.54, 1.807) is 6.07 Å². The van der Waals surface area contributed by atoms with E-state index in [4.69, 9.17) is 9.47 Å². The van der Waals surface area contributed by atoms with Gasteiger partial charge in [0, 0.05) is 17.4 Å². The minimum Gasteiger partial charge on any atom is -0.508 e. The number of ether oxygens (including phenoxy) is 2. The van der Waals surface area contributed by atoms with Crippen LogP contribution in [0.3, 0.4) is 0 Å². The number of hydrogen-bond donors (Lipinski definition) is 1. The molecule has 1 aromatic carbocycles. The van der Waals surface area contributed by atoms with Crippen LogP contribution in [0.1, 0.15) is 83.8 Å². The minimum absolute atomic E-state index is 0.0158. The molecule has 0 amide bonds. The maximum Gasteiger partial charge on any atom is 0.315 e. The first kappa shape index (κ1) is 21.7. The number of phenolic OH excluding ortho intramolecular Hbond substituents is 1. The predicted octanol–water partition coefficient (Wildman–Crippen LogP) is 4.88. The highest BCUT2D eigenvalue weighted by Crippen LogP contribution is 2.55. The molecule has 0 spiro atoms. The molecule has 1 aromatic rings. The molecule has 1 heterocycles. The van der Waals surface area contributed by atoms with Gasteiger partial charge in [-0.15, -0.1) is 0 Å². The molecule has 3 unspecified atom stereocenters. The summed E-state index contributed by atoms with van der Waals surface area (Å²) >= 11 is 0. The number of fused-ring (bicyclic) bond motifs is 3. The number of hydrogen-bond acceptors (Lipinski definition) is 5. The summed E-state index contributed by atoms with van der Waals surface area (Å²) in [6.07, 6.45) is 5.32. The summed E-state index contributed by atoms with van der Waals surface area (Å²) in [6.45, 7) is 10.2. The van der Waals surface area contributed by atoms with E-state index in [1.165, 1.54) is 0 Å². The molecule has 1 aliphatic carbocycles. The highest BCUT2D eigenvalue weighted by molar-refractivity contribution is 5.82. The van der Waals surface area contributed by atoms with Gasteiger partial charge in [0.1, 0.15) is 23.4 Å². The molecule has 160 valence electrons. The van der Waals surface area contributed by atoms with Crippen molar-refractivity contribution in [3.8, 4) is 11.5 Å². The van der Waals surface area contributed by atoms with Crippen LogP contribution in [-0.4, -0.2) is 29.6 Å². The summed E-state index contributed by atoms with van der Waals surface area (Å²) in [6, 6.07) is 3.54. The largest absolute Gasteiger partial charge is 0.508 e. The molecule has 3 rings (SSSR count). The third kappa shape index (κ3) is 4.01. The fraction of sp³-hybridized carbons (Fsp3) is 0.667. The Labute approximate surface area is 173 Å². The van der Waals surface area contributed by atoms with Crippen LogP contribution in [0, 0.1) is 11.8 Å². The zero-order chi connectivity index (χ0) is 21.4. The molecule has 2 aliphatic rings. The minimum atomic E-state index is -0.900. The van der Waals surface area contributed by atoms with Gasteiger partial charge >= 0.3 is 5.97 Å². The highest BCUT2D eigenvalue weighted by atomic mass is 16.5. The number of unbranched alkanes of at least 4 members (excludes halogenated alkanes) is 1. The summed E-state index contributed by atoms with van der Waals surface area (Å²) < 4.78 is 11.8. The molecule has 0 bridgehead atoms. The third-order valence-electron chi connectivity index (χ3n) is 6.80. The summed E-state index contributed by atoms with van der Waals surface area (Å²) in [4.78, 5) is 24.1. The molecule has 5 heteroatoms. The molecular weight excluding hydrogens is 368 g/mol. The predicted molar refractivity (Wildman–Crippen MR) is 111 cm³/mol. The van der Waals surface area contributed by atoms with Crippen molar-refractivity contribution in [2.24, 2.45) is 11.8 Å². The summed E-state index contributed by atoms with van der Waals surface area (Å²) in [7, 11) is 0. The number of carbonyl (C=O) groups is 2. The molecule has 0 radical (unpaired) electrons. The Bertz CT molecular complexity index is 780. The van der Waals surface area contributed by atoms with Crippen LogP contribution in [0.15, 0.2) is 12.1 Å². The Morgan fingerprint density at radius 2 is 2.07 bits per heavy atom. The van der Waals surface area contributed by atoms with E-state index in [-0.39, 0.29) is 29.5 Å². The van der Waals surface area contributed by atoms with E-state index in [1.807, 2.05) is 26.8 Å². The monoisotopic (exact) mass is 402 g/mol. The zero-order valence-corrected chi connectivity index (χ0v) is 18.3. The van der Waals surface area contributed by atoms with Crippen molar-refractivity contribution in [3.63, 3.8) is 0 Å². The molecule has 1 aliphatic heterocycles. The number of esters is 1. The van der Waals surface area contributed by atoms with Gasteiger partial charge in [0.15, 0.2) is 0 Å². The molecule has 1 saturated carbocycles. The number of rotatable bonds is 6. The Kier molecular flexibility index (Phi) is 5.98. The average molecular weight is 403 g/mol. The van der Waals surface area contributed by atoms with Crippen LogP contribution >= 0.6 is 0 Å². The van der Waals surface area contributed by atoms with Crippen molar-refractivity contribution in [3.05, 3.63) is 23.3 Å². The van der Waals surface area contributed by atoms with Crippen molar-refractivity contribution < 1.29 is 24.2 Å². The highest BCUT2D eigenvalue weighted by Gasteiger charge is 2.48. The van der Waals surface area contributed by atoms with E-state index in [2.05, 4.69) is 13.8 Å². The van der Waals surface area contributed by atoms with Gasteiger partial charge in [-0.1, -0.05) is 13.3 Å². The number of phenols is 1. The van der Waals surface area contributed by atoms with Crippen molar-refractivity contribution in [2.75, 3.05) is 6.61 Å². The second-order valence-electron chi connectivity index (χ2n) is 9.65. The van der Waals surface area contributed by atoms with Gasteiger partial charge in [-0.2, -0.15) is 0 Å². The van der Waals surface area contributed by atoms with Crippen LogP contribution in [0.4, 0.5) is 0 Å². The van der Waals surface area contributed by atoms with Gasteiger partial charge in [0.25, 0.3) is 0 Å². The fourth-order valence-corrected chi connectivity index (χ4v) is 4.87. The van der Waals surface area contributed by atoms with Crippen LogP contribution in [0.2, 0.25) is 0 Å². The first-order chi connectivity index (χ1) is 13.6. The van der Waals surface area contributed by atoms with Gasteiger partial charge in [0.05, 0.1) is 12.0 Å². The van der Waals surface area contributed by atoms with Gasteiger partial charge in [-0.3, -0.25) is 4.79 Å². The maximum atomic E-state index is 12.7. The Morgan fingerprint density at radius 1 is 1.34 bits per heavy atom. The SMILES string of the molecule is CCCCOC(=O)C(C)(C)c1cc(O)c2c(c1)OC(C)(C)C1CCC(C=O)CC21. The van der Waals surface area contributed by atoms with E-state index >= 15 is 0 Å². The quantitative estimate of drug-likeness (QED) is 0.417. The van der Waals surface area contributed by atoms with Gasteiger partial charge in [0.2, 0.25) is 0 Å². The van der Waals surface area contributed by atoms with Crippen LogP contribution in [-0.2, 0) is 19.7 Å². The summed E-state index contributed by atoms with van der Waals surface area (Å²) in [5, 5.41) is 10.9. The number of aldehydes is 1. The molecule has 0 aromatic heterocycles. The number of aromatic hydroxyl groups is 1. The topological polar surface area (TPSA) is 72.8 Å². The molecule has 0 saturated heterocycles. The van der Waals surface area contributed by atoms with E-state index < -0.39 is 11.0 Å². The third-order valence-corrected chi connectivity index (χ3v) is 6.80. The number of carbonyl (C=O) groups excluding carboxylic acids is 2. The Hall–Kier alpha value is -2.04. The van der Waals surface area contributed by atoms with Crippen molar-refractivity contribution >= 4 is 12.3 Å². The van der Waals surface area contributed by atoms with E-state index in [9.17, 15) is 14.7 Å². The first-order valence-electron chi connectivity index (χ1n) is 10.8. The standard InChI is InChI=1S/C24H34O5/c1-6-7-10-28-22(27)23(2,3)16-12-19(26)21-17-11-15(14-25)8-9-18(17)24(4,5)29-20(21)13-16/h12-15,17-18,26H,6-11H2,1-5H3.